The number of thiophene rings is 1. The first-order valence-corrected chi connectivity index (χ1v) is 11.6. The molecule has 2 aromatic carbocycles. The molecule has 0 bridgehead atoms. The molecule has 9 heteroatoms. The molecule has 2 heterocycles. The number of ether oxygens (including phenoxy) is 2. The van der Waals surface area contributed by atoms with Crippen molar-refractivity contribution in [3.63, 3.8) is 0 Å². The Morgan fingerprint density at radius 3 is 2.64 bits per heavy atom. The first-order chi connectivity index (χ1) is 15.9. The molecule has 0 radical (unpaired) electrons. The van der Waals surface area contributed by atoms with E-state index in [1.54, 1.807) is 67.8 Å². The number of carbonyl (C=O) groups excluding carboxylic acids is 3. The first kappa shape index (κ1) is 22.8. The summed E-state index contributed by atoms with van der Waals surface area (Å²) in [6, 6.07) is 14.1. The summed E-state index contributed by atoms with van der Waals surface area (Å²) in [7, 11) is 0. The zero-order valence-corrected chi connectivity index (χ0v) is 19.5. The molecule has 0 fully saturated rings. The summed E-state index contributed by atoms with van der Waals surface area (Å²) in [6.07, 6.45) is -0.707. The van der Waals surface area contributed by atoms with Gasteiger partial charge in [-0.3, -0.25) is 14.5 Å². The minimum absolute atomic E-state index is 0.194. The highest BCUT2D eigenvalue weighted by Gasteiger charge is 2.33. The van der Waals surface area contributed by atoms with Crippen molar-refractivity contribution in [3.8, 4) is 16.9 Å². The van der Waals surface area contributed by atoms with E-state index in [1.807, 2.05) is 0 Å². The Hall–Kier alpha value is -3.36. The fourth-order valence-corrected chi connectivity index (χ4v) is 4.63. The van der Waals surface area contributed by atoms with Crippen molar-refractivity contribution in [1.82, 2.24) is 0 Å². The lowest BCUT2D eigenvalue weighted by atomic mass is 10.0. The number of hydrogen-bond acceptors (Lipinski definition) is 6. The van der Waals surface area contributed by atoms with Gasteiger partial charge in [-0.1, -0.05) is 35.9 Å². The lowest BCUT2D eigenvalue weighted by Crippen LogP contribution is -2.47. The third kappa shape index (κ3) is 4.72. The van der Waals surface area contributed by atoms with Crippen molar-refractivity contribution in [1.29, 1.82) is 0 Å². The van der Waals surface area contributed by atoms with Crippen LogP contribution in [0.4, 0.5) is 10.7 Å². The molecule has 1 N–H and O–H groups in total. The molecule has 1 atom stereocenters. The molecule has 1 unspecified atom stereocenters. The molecule has 170 valence electrons. The van der Waals surface area contributed by atoms with Crippen molar-refractivity contribution in [2.75, 3.05) is 23.4 Å². The maximum Gasteiger partial charge on any atom is 0.341 e. The molecule has 0 spiro atoms. The summed E-state index contributed by atoms with van der Waals surface area (Å²) in [5.74, 6) is -0.768. The molecular formula is C24H21ClN2O5S. The van der Waals surface area contributed by atoms with Crippen molar-refractivity contribution in [2.45, 2.75) is 20.0 Å². The number of halogens is 1. The summed E-state index contributed by atoms with van der Waals surface area (Å²) in [5.41, 5.74) is 2.19. The molecule has 33 heavy (non-hydrogen) atoms. The Kier molecular flexibility index (Phi) is 6.67. The fraction of sp³-hybridized carbons (Fsp3) is 0.208. The van der Waals surface area contributed by atoms with Gasteiger partial charge in [0.25, 0.3) is 5.91 Å². The van der Waals surface area contributed by atoms with Gasteiger partial charge < -0.3 is 14.8 Å². The molecule has 0 aliphatic carbocycles. The number of anilines is 2. The van der Waals surface area contributed by atoms with E-state index in [2.05, 4.69) is 5.32 Å². The van der Waals surface area contributed by atoms with Gasteiger partial charge in [-0.05, 0) is 43.7 Å². The topological polar surface area (TPSA) is 84.9 Å². The van der Waals surface area contributed by atoms with E-state index in [-0.39, 0.29) is 24.6 Å². The van der Waals surface area contributed by atoms with Crippen LogP contribution in [0.25, 0.3) is 11.1 Å². The Labute approximate surface area is 199 Å². The van der Waals surface area contributed by atoms with E-state index in [9.17, 15) is 14.4 Å². The van der Waals surface area contributed by atoms with Crippen LogP contribution in [-0.4, -0.2) is 37.0 Å². The highest BCUT2D eigenvalue weighted by atomic mass is 35.5. The van der Waals surface area contributed by atoms with E-state index in [1.165, 1.54) is 16.2 Å². The number of nitrogens with one attached hydrogen (secondary N) is 1. The van der Waals surface area contributed by atoms with Gasteiger partial charge >= 0.3 is 5.97 Å². The quantitative estimate of drug-likeness (QED) is 0.498. The van der Waals surface area contributed by atoms with Gasteiger partial charge in [0.05, 0.1) is 12.3 Å². The maximum absolute atomic E-state index is 13.0. The zero-order chi connectivity index (χ0) is 23.5. The summed E-state index contributed by atoms with van der Waals surface area (Å²) < 4.78 is 10.9. The van der Waals surface area contributed by atoms with E-state index in [4.69, 9.17) is 21.1 Å². The van der Waals surface area contributed by atoms with Crippen LogP contribution < -0.4 is 15.0 Å². The zero-order valence-electron chi connectivity index (χ0n) is 18.0. The van der Waals surface area contributed by atoms with Gasteiger partial charge in [0.15, 0.2) is 6.10 Å². The Balaban J connectivity index is 1.61. The van der Waals surface area contributed by atoms with Crippen molar-refractivity contribution < 1.29 is 23.9 Å². The normalized spacial score (nSPS) is 14.9. The van der Waals surface area contributed by atoms with Crippen LogP contribution >= 0.6 is 22.9 Å². The average molecular weight is 485 g/mol. The lowest BCUT2D eigenvalue weighted by molar-refractivity contribution is -0.127. The first-order valence-electron chi connectivity index (χ1n) is 10.3. The van der Waals surface area contributed by atoms with Gasteiger partial charge in [-0.15, -0.1) is 11.3 Å². The molecular weight excluding hydrogens is 464 g/mol. The molecule has 1 aliphatic rings. The molecule has 0 saturated carbocycles. The number of rotatable bonds is 6. The minimum Gasteiger partial charge on any atom is -0.479 e. The Bertz CT molecular complexity index is 1210. The number of amides is 2. The van der Waals surface area contributed by atoms with Crippen LogP contribution in [0, 0.1) is 0 Å². The summed E-state index contributed by atoms with van der Waals surface area (Å²) in [4.78, 5) is 39.8. The largest absolute Gasteiger partial charge is 0.479 e. The van der Waals surface area contributed by atoms with Crippen molar-refractivity contribution in [2.24, 2.45) is 0 Å². The van der Waals surface area contributed by atoms with Gasteiger partial charge in [0.2, 0.25) is 5.91 Å². The van der Waals surface area contributed by atoms with Crippen molar-refractivity contribution >= 4 is 51.4 Å². The Morgan fingerprint density at radius 2 is 1.91 bits per heavy atom. The van der Waals surface area contributed by atoms with Gasteiger partial charge in [-0.25, -0.2) is 4.79 Å². The molecule has 7 nitrogen and oxygen atoms in total. The predicted octanol–water partition coefficient (Wildman–Crippen LogP) is 5.00. The second-order valence-corrected chi connectivity index (χ2v) is 8.60. The molecule has 2 amide bonds. The van der Waals surface area contributed by atoms with E-state index in [0.717, 1.165) is 5.56 Å². The maximum atomic E-state index is 13.0. The van der Waals surface area contributed by atoms with E-state index < -0.39 is 18.0 Å². The monoisotopic (exact) mass is 484 g/mol. The summed E-state index contributed by atoms with van der Waals surface area (Å²) in [5, 5.41) is 5.49. The van der Waals surface area contributed by atoms with Gasteiger partial charge in [-0.2, -0.15) is 0 Å². The predicted molar refractivity (Wildman–Crippen MR) is 128 cm³/mol. The number of fused-ring (bicyclic) bond motifs is 1. The standard InChI is InChI=1S/C24H21ClN2O5S/c1-3-31-24(30)21-17(15-8-10-16(25)11-9-15)13-33-22(21)26-20(28)12-27-18-6-4-5-7-19(18)32-14(2)23(27)29/h4-11,13-14H,3,12H2,1-2H3,(H,26,28). The number of nitrogens with zero attached hydrogens (tertiary/aromatic N) is 1. The van der Waals surface area contributed by atoms with Crippen molar-refractivity contribution in [3.05, 3.63) is 64.5 Å². The molecule has 0 saturated heterocycles. The second-order valence-electron chi connectivity index (χ2n) is 7.28. The second kappa shape index (κ2) is 9.64. The van der Waals surface area contributed by atoms with Crippen LogP contribution in [0.2, 0.25) is 5.02 Å². The van der Waals surface area contributed by atoms with Crippen LogP contribution in [0.5, 0.6) is 5.75 Å². The summed E-state index contributed by atoms with van der Waals surface area (Å²) >= 11 is 7.20. The van der Waals surface area contributed by atoms with Crippen LogP contribution in [0.1, 0.15) is 24.2 Å². The van der Waals surface area contributed by atoms with Gasteiger partial charge in [0, 0.05) is 16.0 Å². The summed E-state index contributed by atoms with van der Waals surface area (Å²) in [6.45, 7) is 3.33. The Morgan fingerprint density at radius 1 is 1.18 bits per heavy atom. The van der Waals surface area contributed by atoms with Crippen LogP contribution in [-0.2, 0) is 14.3 Å². The fourth-order valence-electron chi connectivity index (χ4n) is 3.53. The average Bonchev–Trinajstić information content (AvgIpc) is 3.21. The SMILES string of the molecule is CCOC(=O)c1c(-c2ccc(Cl)cc2)csc1NC(=O)CN1C(=O)C(C)Oc2ccccc21. The van der Waals surface area contributed by atoms with Crippen LogP contribution in [0.3, 0.4) is 0 Å². The lowest BCUT2D eigenvalue weighted by Gasteiger charge is -2.32. The van der Waals surface area contributed by atoms with Crippen LogP contribution in [0.15, 0.2) is 53.9 Å². The number of hydrogen-bond donors (Lipinski definition) is 1. The number of esters is 1. The minimum atomic E-state index is -0.707. The third-order valence-corrected chi connectivity index (χ3v) is 6.20. The molecule has 3 aromatic rings. The number of benzene rings is 2. The number of carbonyl (C=O) groups is 3. The highest BCUT2D eigenvalue weighted by Crippen LogP contribution is 2.37. The molecule has 1 aromatic heterocycles. The van der Waals surface area contributed by atoms with Gasteiger partial charge in [0.1, 0.15) is 22.9 Å². The molecule has 4 rings (SSSR count). The third-order valence-electron chi connectivity index (χ3n) is 5.05. The van der Waals surface area contributed by atoms with E-state index >= 15 is 0 Å². The number of para-hydroxylation sites is 2. The highest BCUT2D eigenvalue weighted by molar-refractivity contribution is 7.15. The van der Waals surface area contributed by atoms with E-state index in [0.29, 0.717) is 27.0 Å². The smallest absolute Gasteiger partial charge is 0.341 e. The molecule has 1 aliphatic heterocycles.